The van der Waals surface area contributed by atoms with E-state index >= 15 is 0 Å². The Morgan fingerprint density at radius 1 is 1.06 bits per heavy atom. The molecule has 0 radical (unpaired) electrons. The number of hydrogen-bond acceptors (Lipinski definition) is 3. The number of hydrogen-bond donors (Lipinski definition) is 0. The van der Waals surface area contributed by atoms with Gasteiger partial charge in [0.05, 0.1) is 0 Å². The van der Waals surface area contributed by atoms with Crippen molar-refractivity contribution in [3.05, 3.63) is 47.9 Å². The third-order valence-electron chi connectivity index (χ3n) is 2.66. The van der Waals surface area contributed by atoms with E-state index in [1.165, 1.54) is 11.3 Å². The third kappa shape index (κ3) is 1.89. The molecule has 0 amide bonds. The minimum atomic E-state index is 0.948. The van der Waals surface area contributed by atoms with Crippen LogP contribution >= 0.6 is 0 Å². The fourth-order valence-corrected chi connectivity index (χ4v) is 1.80. The molecule has 0 spiro atoms. The topological polar surface area (TPSA) is 29.0 Å². The highest BCUT2D eigenvalue weighted by molar-refractivity contribution is 5.64. The summed E-state index contributed by atoms with van der Waals surface area (Å²) in [5.74, 6) is 0.948. The van der Waals surface area contributed by atoms with Crippen LogP contribution in [0.15, 0.2) is 36.8 Å². The second kappa shape index (κ2) is 4.31. The van der Waals surface area contributed by atoms with Crippen molar-refractivity contribution < 1.29 is 0 Å². The van der Waals surface area contributed by atoms with E-state index < -0.39 is 0 Å². The maximum Gasteiger partial charge on any atom is 0.139 e. The number of nitrogens with zero attached hydrogens (tertiary/aromatic N) is 3. The van der Waals surface area contributed by atoms with Crippen molar-refractivity contribution in [1.82, 2.24) is 9.97 Å². The maximum atomic E-state index is 4.31. The van der Waals surface area contributed by atoms with Gasteiger partial charge in [-0.05, 0) is 25.5 Å². The van der Waals surface area contributed by atoms with Gasteiger partial charge in [-0.3, -0.25) is 0 Å². The molecule has 3 nitrogen and oxygen atoms in total. The van der Waals surface area contributed by atoms with E-state index in [1.807, 2.05) is 32.3 Å². The SMILES string of the molecule is Cc1ccccc1N(C)c1ncncc1C. The van der Waals surface area contributed by atoms with Crippen molar-refractivity contribution in [2.45, 2.75) is 13.8 Å². The highest BCUT2D eigenvalue weighted by Gasteiger charge is 2.09. The minimum Gasteiger partial charge on any atom is -0.329 e. The van der Waals surface area contributed by atoms with Crippen molar-refractivity contribution >= 4 is 11.5 Å². The van der Waals surface area contributed by atoms with Crippen LogP contribution in [0.5, 0.6) is 0 Å². The van der Waals surface area contributed by atoms with E-state index in [1.54, 1.807) is 6.33 Å². The number of anilines is 2. The molecule has 2 rings (SSSR count). The van der Waals surface area contributed by atoms with Gasteiger partial charge in [0, 0.05) is 24.5 Å². The van der Waals surface area contributed by atoms with Crippen LogP contribution in [0.4, 0.5) is 11.5 Å². The van der Waals surface area contributed by atoms with Gasteiger partial charge in [-0.25, -0.2) is 9.97 Å². The molecule has 0 aliphatic heterocycles. The maximum absolute atomic E-state index is 4.31. The Kier molecular flexibility index (Phi) is 2.86. The van der Waals surface area contributed by atoms with Crippen LogP contribution < -0.4 is 4.90 Å². The summed E-state index contributed by atoms with van der Waals surface area (Å²) in [7, 11) is 2.03. The first kappa shape index (κ1) is 10.6. The molecular weight excluding hydrogens is 198 g/mol. The second-order valence-corrected chi connectivity index (χ2v) is 3.87. The van der Waals surface area contributed by atoms with Crippen LogP contribution in [-0.2, 0) is 0 Å². The van der Waals surface area contributed by atoms with Crippen molar-refractivity contribution in [2.24, 2.45) is 0 Å². The summed E-state index contributed by atoms with van der Waals surface area (Å²) in [6.45, 7) is 4.12. The van der Waals surface area contributed by atoms with Crippen molar-refractivity contribution in [1.29, 1.82) is 0 Å². The highest BCUT2D eigenvalue weighted by Crippen LogP contribution is 2.26. The normalized spacial score (nSPS) is 10.2. The van der Waals surface area contributed by atoms with E-state index in [2.05, 4.69) is 33.9 Å². The quantitative estimate of drug-likeness (QED) is 0.768. The van der Waals surface area contributed by atoms with Crippen molar-refractivity contribution in [3.8, 4) is 0 Å². The van der Waals surface area contributed by atoms with E-state index in [4.69, 9.17) is 0 Å². The summed E-state index contributed by atoms with van der Waals surface area (Å²) in [4.78, 5) is 10.4. The third-order valence-corrected chi connectivity index (χ3v) is 2.66. The average Bonchev–Trinajstić information content (AvgIpc) is 2.29. The van der Waals surface area contributed by atoms with Crippen LogP contribution in [0.2, 0.25) is 0 Å². The van der Waals surface area contributed by atoms with Gasteiger partial charge in [0.15, 0.2) is 0 Å². The molecule has 0 saturated heterocycles. The summed E-state index contributed by atoms with van der Waals surface area (Å²) < 4.78 is 0. The van der Waals surface area contributed by atoms with Crippen molar-refractivity contribution in [3.63, 3.8) is 0 Å². The fourth-order valence-electron chi connectivity index (χ4n) is 1.80. The monoisotopic (exact) mass is 213 g/mol. The van der Waals surface area contributed by atoms with Gasteiger partial charge in [-0.15, -0.1) is 0 Å². The Bertz CT molecular complexity index is 449. The van der Waals surface area contributed by atoms with Gasteiger partial charge in [0.2, 0.25) is 0 Å². The van der Waals surface area contributed by atoms with Gasteiger partial charge in [0.25, 0.3) is 0 Å². The summed E-state index contributed by atoms with van der Waals surface area (Å²) in [6.07, 6.45) is 3.41. The Morgan fingerprint density at radius 2 is 1.81 bits per heavy atom. The predicted octanol–water partition coefficient (Wildman–Crippen LogP) is 2.86. The zero-order valence-electron chi connectivity index (χ0n) is 9.81. The molecule has 16 heavy (non-hydrogen) atoms. The zero-order valence-corrected chi connectivity index (χ0v) is 9.81. The molecule has 0 aliphatic rings. The number of aromatic nitrogens is 2. The molecule has 0 atom stereocenters. The molecule has 0 bridgehead atoms. The zero-order chi connectivity index (χ0) is 11.5. The molecule has 0 saturated carbocycles. The van der Waals surface area contributed by atoms with Crippen LogP contribution in [0.3, 0.4) is 0 Å². The molecule has 0 fully saturated rings. The minimum absolute atomic E-state index is 0.948. The van der Waals surface area contributed by atoms with Gasteiger partial charge in [0.1, 0.15) is 12.1 Å². The first-order valence-electron chi connectivity index (χ1n) is 5.26. The molecule has 3 heteroatoms. The number of rotatable bonds is 2. The molecule has 0 aliphatic carbocycles. The Labute approximate surface area is 95.8 Å². The van der Waals surface area contributed by atoms with E-state index in [-0.39, 0.29) is 0 Å². The molecule has 82 valence electrons. The average molecular weight is 213 g/mol. The molecular formula is C13H15N3. The van der Waals surface area contributed by atoms with E-state index in [0.717, 1.165) is 11.4 Å². The Hall–Kier alpha value is -1.90. The fraction of sp³-hybridized carbons (Fsp3) is 0.231. The Balaban J connectivity index is 2.44. The summed E-state index contributed by atoms with van der Waals surface area (Å²) in [5, 5.41) is 0. The molecule has 2 aromatic rings. The van der Waals surface area contributed by atoms with E-state index in [9.17, 15) is 0 Å². The predicted molar refractivity (Wildman–Crippen MR) is 66.0 cm³/mol. The van der Waals surface area contributed by atoms with Crippen molar-refractivity contribution in [2.75, 3.05) is 11.9 Å². The lowest BCUT2D eigenvalue weighted by Crippen LogP contribution is -2.13. The highest BCUT2D eigenvalue weighted by atomic mass is 15.2. The first-order chi connectivity index (χ1) is 7.70. The second-order valence-electron chi connectivity index (χ2n) is 3.87. The lowest BCUT2D eigenvalue weighted by atomic mass is 10.2. The van der Waals surface area contributed by atoms with Crippen LogP contribution in [0.1, 0.15) is 11.1 Å². The van der Waals surface area contributed by atoms with Gasteiger partial charge in [-0.2, -0.15) is 0 Å². The van der Waals surface area contributed by atoms with E-state index in [0.29, 0.717) is 0 Å². The largest absolute Gasteiger partial charge is 0.329 e. The van der Waals surface area contributed by atoms with Crippen LogP contribution in [-0.4, -0.2) is 17.0 Å². The lowest BCUT2D eigenvalue weighted by molar-refractivity contribution is 1.05. The van der Waals surface area contributed by atoms with Gasteiger partial charge in [-0.1, -0.05) is 18.2 Å². The Morgan fingerprint density at radius 3 is 2.50 bits per heavy atom. The number of benzene rings is 1. The molecule has 0 N–H and O–H groups in total. The summed E-state index contributed by atoms with van der Waals surface area (Å²) >= 11 is 0. The molecule has 1 aromatic carbocycles. The number of aryl methyl sites for hydroxylation is 2. The van der Waals surface area contributed by atoms with Crippen LogP contribution in [0, 0.1) is 13.8 Å². The summed E-state index contributed by atoms with van der Waals surface area (Å²) in [5.41, 5.74) is 3.49. The van der Waals surface area contributed by atoms with Gasteiger partial charge < -0.3 is 4.90 Å². The first-order valence-corrected chi connectivity index (χ1v) is 5.26. The lowest BCUT2D eigenvalue weighted by Gasteiger charge is -2.21. The standard InChI is InChI=1S/C13H15N3/c1-10-6-4-5-7-12(10)16(3)13-11(2)8-14-9-15-13/h4-9H,1-3H3. The summed E-state index contributed by atoms with van der Waals surface area (Å²) in [6, 6.07) is 8.27. The molecule has 0 unspecified atom stereocenters. The molecule has 1 aromatic heterocycles. The van der Waals surface area contributed by atoms with Crippen LogP contribution in [0.25, 0.3) is 0 Å². The smallest absolute Gasteiger partial charge is 0.139 e. The molecule has 1 heterocycles. The number of para-hydroxylation sites is 1. The van der Waals surface area contributed by atoms with Gasteiger partial charge >= 0.3 is 0 Å².